The summed E-state index contributed by atoms with van der Waals surface area (Å²) in [7, 11) is 0. The topological polar surface area (TPSA) is 208 Å². The highest BCUT2D eigenvalue weighted by atomic mass is 32.1. The van der Waals surface area contributed by atoms with Crippen molar-refractivity contribution in [1.29, 1.82) is 0 Å². The smallest absolute Gasteiger partial charge is 0.326 e. The zero-order chi connectivity index (χ0) is 26.7. The number of nitrogens with two attached hydrogens (primary N) is 1. The van der Waals surface area contributed by atoms with Gasteiger partial charge in [0.05, 0.1) is 12.5 Å². The van der Waals surface area contributed by atoms with Gasteiger partial charge in [-0.25, -0.2) is 4.79 Å². The highest BCUT2D eigenvalue weighted by Gasteiger charge is 2.31. The maximum atomic E-state index is 12.7. The van der Waals surface area contributed by atoms with Gasteiger partial charge in [-0.2, -0.15) is 12.6 Å². The molecule has 1 rings (SSSR count). The van der Waals surface area contributed by atoms with Crippen LogP contribution in [0.3, 0.4) is 0 Å². The minimum absolute atomic E-state index is 0.0232. The van der Waals surface area contributed by atoms with Crippen LogP contribution in [0, 0.1) is 5.92 Å². The fourth-order valence-corrected chi connectivity index (χ4v) is 3.34. The lowest BCUT2D eigenvalue weighted by atomic mass is 10.0. The van der Waals surface area contributed by atoms with Crippen LogP contribution in [0.4, 0.5) is 0 Å². The van der Waals surface area contributed by atoms with Crippen molar-refractivity contribution in [3.8, 4) is 5.75 Å². The average molecular weight is 513 g/mol. The summed E-state index contributed by atoms with van der Waals surface area (Å²) in [5.41, 5.74) is 6.30. The van der Waals surface area contributed by atoms with Gasteiger partial charge in [-0.15, -0.1) is 0 Å². The lowest BCUT2D eigenvalue weighted by molar-refractivity contribution is -0.143. The van der Waals surface area contributed by atoms with E-state index in [0.29, 0.717) is 12.0 Å². The molecule has 1 aromatic rings. The molecule has 1 aromatic carbocycles. The van der Waals surface area contributed by atoms with Crippen LogP contribution in [0.1, 0.15) is 32.3 Å². The number of phenolic OH excluding ortho intramolecular Hbond substituents is 1. The SMILES string of the molecule is CC(C)CC(N)C(=O)NC(CS)C(=O)NC(CC(=O)O)C(=O)NC(Cc1ccc(O)cc1)C(=O)O. The Kier molecular flexibility index (Phi) is 12.0. The number of hydrogen-bond donors (Lipinski definition) is 8. The first-order valence-corrected chi connectivity index (χ1v) is 11.5. The second kappa shape index (κ2) is 14.2. The molecule has 194 valence electrons. The van der Waals surface area contributed by atoms with Crippen molar-refractivity contribution < 1.29 is 39.3 Å². The van der Waals surface area contributed by atoms with Crippen molar-refractivity contribution in [2.45, 2.75) is 57.3 Å². The van der Waals surface area contributed by atoms with E-state index < -0.39 is 60.2 Å². The molecule has 0 radical (unpaired) electrons. The maximum absolute atomic E-state index is 12.7. The van der Waals surface area contributed by atoms with Gasteiger partial charge in [0.25, 0.3) is 0 Å². The van der Waals surface area contributed by atoms with Crippen LogP contribution in [0.2, 0.25) is 0 Å². The Bertz CT molecular complexity index is 909. The van der Waals surface area contributed by atoms with Crippen LogP contribution >= 0.6 is 12.6 Å². The predicted molar refractivity (Wildman–Crippen MR) is 129 cm³/mol. The number of aromatic hydroxyl groups is 1. The number of carboxylic acid groups (broad SMARTS) is 2. The molecule has 4 atom stereocenters. The summed E-state index contributed by atoms with van der Waals surface area (Å²) in [4.78, 5) is 60.6. The highest BCUT2D eigenvalue weighted by molar-refractivity contribution is 7.80. The number of hydrogen-bond acceptors (Lipinski definition) is 8. The van der Waals surface area contributed by atoms with Crippen LogP contribution in [0.25, 0.3) is 0 Å². The van der Waals surface area contributed by atoms with Crippen molar-refractivity contribution in [3.05, 3.63) is 29.8 Å². The number of thiol groups is 1. The number of benzene rings is 1. The summed E-state index contributed by atoms with van der Waals surface area (Å²) < 4.78 is 0. The van der Waals surface area contributed by atoms with Crippen LogP contribution in [-0.2, 0) is 30.4 Å². The number of aliphatic carboxylic acids is 2. The number of rotatable bonds is 14. The summed E-state index contributed by atoms with van der Waals surface area (Å²) in [6.07, 6.45) is -0.615. The second-order valence-corrected chi connectivity index (χ2v) is 8.77. The summed E-state index contributed by atoms with van der Waals surface area (Å²) in [6.45, 7) is 3.74. The maximum Gasteiger partial charge on any atom is 0.326 e. The van der Waals surface area contributed by atoms with Crippen LogP contribution in [0.5, 0.6) is 5.75 Å². The summed E-state index contributed by atoms with van der Waals surface area (Å²) in [5.74, 6) is -5.37. The zero-order valence-corrected chi connectivity index (χ0v) is 20.3. The quantitative estimate of drug-likeness (QED) is 0.147. The fourth-order valence-electron chi connectivity index (χ4n) is 3.08. The van der Waals surface area contributed by atoms with Crippen molar-refractivity contribution >= 4 is 42.3 Å². The van der Waals surface area contributed by atoms with Crippen molar-refractivity contribution in [2.24, 2.45) is 11.7 Å². The van der Waals surface area contributed by atoms with Gasteiger partial charge in [0.2, 0.25) is 17.7 Å². The minimum atomic E-state index is -1.62. The number of amides is 3. The third kappa shape index (κ3) is 10.6. The zero-order valence-electron chi connectivity index (χ0n) is 19.4. The highest BCUT2D eigenvalue weighted by Crippen LogP contribution is 2.12. The first-order chi connectivity index (χ1) is 16.3. The van der Waals surface area contributed by atoms with Gasteiger partial charge in [-0.3, -0.25) is 19.2 Å². The third-order valence-corrected chi connectivity index (χ3v) is 5.25. The first kappa shape index (κ1) is 29.7. The Morgan fingerprint density at radius 2 is 1.40 bits per heavy atom. The van der Waals surface area contributed by atoms with Crippen LogP contribution in [0.15, 0.2) is 24.3 Å². The lowest BCUT2D eigenvalue weighted by Crippen LogP contribution is -2.58. The summed E-state index contributed by atoms with van der Waals surface area (Å²) in [6, 6.07) is 0.501. The Morgan fingerprint density at radius 3 is 1.89 bits per heavy atom. The molecule has 13 heteroatoms. The molecular formula is C22H32N4O8S. The summed E-state index contributed by atoms with van der Waals surface area (Å²) in [5, 5.41) is 34.9. The number of phenols is 1. The largest absolute Gasteiger partial charge is 0.508 e. The van der Waals surface area contributed by atoms with Gasteiger partial charge in [0.1, 0.15) is 23.9 Å². The molecule has 0 spiro atoms. The van der Waals surface area contributed by atoms with Crippen LogP contribution in [-0.4, -0.2) is 74.9 Å². The normalized spacial score (nSPS) is 14.3. The second-order valence-electron chi connectivity index (χ2n) is 8.41. The van der Waals surface area contributed by atoms with Gasteiger partial charge < -0.3 is 37.0 Å². The Labute approximate surface area is 208 Å². The Balaban J connectivity index is 2.92. The Hall–Kier alpha value is -3.32. The molecule has 3 amide bonds. The lowest BCUT2D eigenvalue weighted by Gasteiger charge is -2.24. The van der Waals surface area contributed by atoms with E-state index in [0.717, 1.165) is 0 Å². The minimum Gasteiger partial charge on any atom is -0.508 e. The van der Waals surface area contributed by atoms with E-state index in [4.69, 9.17) is 5.73 Å². The molecule has 8 N–H and O–H groups in total. The van der Waals surface area contributed by atoms with E-state index in [1.54, 1.807) is 0 Å². The van der Waals surface area contributed by atoms with Gasteiger partial charge in [-0.1, -0.05) is 26.0 Å². The molecule has 0 bridgehead atoms. The number of carbonyl (C=O) groups is 5. The number of carbonyl (C=O) groups excluding carboxylic acids is 3. The molecule has 0 heterocycles. The molecule has 0 saturated carbocycles. The predicted octanol–water partition coefficient (Wildman–Crippen LogP) is -0.748. The van der Waals surface area contributed by atoms with Gasteiger partial charge in [0.15, 0.2) is 0 Å². The monoisotopic (exact) mass is 512 g/mol. The van der Waals surface area contributed by atoms with Gasteiger partial charge in [0, 0.05) is 12.2 Å². The van der Waals surface area contributed by atoms with E-state index in [-0.39, 0.29) is 23.8 Å². The standard InChI is InChI=1S/C22H32N4O8S/c1-11(2)7-14(23)19(30)26-17(10-35)21(32)24-15(9-18(28)29)20(31)25-16(22(33)34)8-12-3-5-13(27)6-4-12/h3-6,11,14-17,27,35H,7-10,23H2,1-2H3,(H,24,32)(H,25,31)(H,26,30)(H,28,29)(H,33,34). The molecular weight excluding hydrogens is 480 g/mol. The van der Waals surface area contributed by atoms with Crippen LogP contribution < -0.4 is 21.7 Å². The van der Waals surface area contributed by atoms with E-state index >= 15 is 0 Å². The molecule has 4 unspecified atom stereocenters. The third-order valence-electron chi connectivity index (χ3n) is 4.88. The molecule has 0 aliphatic rings. The molecule has 35 heavy (non-hydrogen) atoms. The molecule has 0 aliphatic heterocycles. The van der Waals surface area contributed by atoms with E-state index in [9.17, 15) is 39.3 Å². The number of nitrogens with one attached hydrogen (secondary N) is 3. The number of carboxylic acids is 2. The van der Waals surface area contributed by atoms with E-state index in [1.165, 1.54) is 24.3 Å². The molecule has 0 aliphatic carbocycles. The Morgan fingerprint density at radius 1 is 0.886 bits per heavy atom. The van der Waals surface area contributed by atoms with Crippen molar-refractivity contribution in [2.75, 3.05) is 5.75 Å². The fraction of sp³-hybridized carbons (Fsp3) is 0.500. The van der Waals surface area contributed by atoms with Gasteiger partial charge >= 0.3 is 11.9 Å². The molecule has 0 saturated heterocycles. The molecule has 12 nitrogen and oxygen atoms in total. The van der Waals surface area contributed by atoms with Gasteiger partial charge in [-0.05, 0) is 30.0 Å². The van der Waals surface area contributed by atoms with Crippen molar-refractivity contribution in [3.63, 3.8) is 0 Å². The summed E-state index contributed by atoms with van der Waals surface area (Å²) >= 11 is 4.03. The first-order valence-electron chi connectivity index (χ1n) is 10.8. The van der Waals surface area contributed by atoms with Crippen molar-refractivity contribution in [1.82, 2.24) is 16.0 Å². The van der Waals surface area contributed by atoms with E-state index in [2.05, 4.69) is 28.6 Å². The average Bonchev–Trinajstić information content (AvgIpc) is 2.76. The van der Waals surface area contributed by atoms with E-state index in [1.807, 2.05) is 13.8 Å². The molecule has 0 aromatic heterocycles. The molecule has 0 fully saturated rings.